The summed E-state index contributed by atoms with van der Waals surface area (Å²) in [5, 5.41) is 11.4. The Morgan fingerprint density at radius 2 is 1.75 bits per heavy atom. The summed E-state index contributed by atoms with van der Waals surface area (Å²) in [6.45, 7) is 1.10. The lowest BCUT2D eigenvalue weighted by molar-refractivity contribution is -0.259. The van der Waals surface area contributed by atoms with Crippen molar-refractivity contribution in [1.29, 1.82) is 0 Å². The van der Waals surface area contributed by atoms with E-state index in [-0.39, 0.29) is 24.2 Å². The SMILES string of the molecule is O=S(C/C=C/C(F)(F)C(F)(F)F)CCCCNCCO. The van der Waals surface area contributed by atoms with E-state index in [2.05, 4.69) is 5.32 Å². The zero-order valence-corrected chi connectivity index (χ0v) is 11.6. The van der Waals surface area contributed by atoms with Gasteiger partial charge in [0.2, 0.25) is 0 Å². The summed E-state index contributed by atoms with van der Waals surface area (Å²) < 4.78 is 71.7. The first-order chi connectivity index (χ1) is 9.20. The minimum Gasteiger partial charge on any atom is -0.395 e. The monoisotopic (exact) mass is 323 g/mol. The van der Waals surface area contributed by atoms with E-state index in [1.165, 1.54) is 0 Å². The Labute approximate surface area is 116 Å². The summed E-state index contributed by atoms with van der Waals surface area (Å²) in [6, 6.07) is 0. The quantitative estimate of drug-likeness (QED) is 0.366. The molecular formula is C11H18F5NO2S. The maximum absolute atomic E-state index is 12.5. The molecule has 0 spiro atoms. The maximum atomic E-state index is 12.5. The van der Waals surface area contributed by atoms with Crippen LogP contribution in [-0.2, 0) is 10.8 Å². The van der Waals surface area contributed by atoms with E-state index in [0.717, 1.165) is 0 Å². The second kappa shape index (κ2) is 9.41. The van der Waals surface area contributed by atoms with Crippen molar-refractivity contribution in [1.82, 2.24) is 5.32 Å². The fraction of sp³-hybridized carbons (Fsp3) is 0.818. The van der Waals surface area contributed by atoms with E-state index >= 15 is 0 Å². The Balaban J connectivity index is 3.83. The normalized spacial score (nSPS) is 14.9. The fourth-order valence-corrected chi connectivity index (χ4v) is 2.20. The van der Waals surface area contributed by atoms with Gasteiger partial charge in [-0.3, -0.25) is 4.21 Å². The number of aliphatic hydroxyl groups is 1. The molecule has 0 aromatic rings. The zero-order chi connectivity index (χ0) is 15.6. The van der Waals surface area contributed by atoms with Gasteiger partial charge in [-0.15, -0.1) is 0 Å². The molecule has 0 aromatic carbocycles. The first kappa shape index (κ1) is 19.5. The molecule has 0 heterocycles. The number of hydrogen-bond donors (Lipinski definition) is 2. The topological polar surface area (TPSA) is 49.3 Å². The van der Waals surface area contributed by atoms with Crippen LogP contribution in [0.1, 0.15) is 12.8 Å². The lowest BCUT2D eigenvalue weighted by Gasteiger charge is -2.15. The number of unbranched alkanes of at least 4 members (excludes halogenated alkanes) is 1. The Kier molecular flexibility index (Phi) is 9.15. The summed E-state index contributed by atoms with van der Waals surface area (Å²) >= 11 is 0. The predicted octanol–water partition coefficient (Wildman–Crippen LogP) is 1.85. The highest BCUT2D eigenvalue weighted by Gasteiger charge is 2.55. The highest BCUT2D eigenvalue weighted by molar-refractivity contribution is 7.85. The second-order valence-corrected chi connectivity index (χ2v) is 5.64. The standard InChI is InChI=1S/C11H18F5NO2S/c12-10(13,11(14,15)16)4-3-9-20(19)8-2-1-5-17-6-7-18/h3-4,17-18H,1-2,5-9H2/b4-3+. The second-order valence-electron chi connectivity index (χ2n) is 4.01. The van der Waals surface area contributed by atoms with E-state index in [4.69, 9.17) is 5.11 Å². The molecule has 9 heteroatoms. The van der Waals surface area contributed by atoms with Crippen molar-refractivity contribution in [3.63, 3.8) is 0 Å². The van der Waals surface area contributed by atoms with Gasteiger partial charge in [-0.25, -0.2) is 0 Å². The van der Waals surface area contributed by atoms with Gasteiger partial charge in [0, 0.05) is 28.9 Å². The molecule has 0 radical (unpaired) electrons. The van der Waals surface area contributed by atoms with Crippen LogP contribution in [0.5, 0.6) is 0 Å². The summed E-state index contributed by atoms with van der Waals surface area (Å²) in [5.74, 6) is -4.97. The molecule has 1 atom stereocenters. The van der Waals surface area contributed by atoms with Crippen molar-refractivity contribution in [2.24, 2.45) is 0 Å². The van der Waals surface area contributed by atoms with E-state index in [0.29, 0.717) is 32.0 Å². The van der Waals surface area contributed by atoms with Crippen LogP contribution < -0.4 is 5.32 Å². The summed E-state index contributed by atoms with van der Waals surface area (Å²) in [7, 11) is -1.45. The molecule has 0 saturated carbocycles. The number of hydrogen-bond acceptors (Lipinski definition) is 3. The van der Waals surface area contributed by atoms with E-state index in [1.54, 1.807) is 0 Å². The summed E-state index contributed by atoms with van der Waals surface area (Å²) in [6.07, 6.45) is -4.02. The van der Waals surface area contributed by atoms with Crippen molar-refractivity contribution < 1.29 is 31.3 Å². The highest BCUT2D eigenvalue weighted by Crippen LogP contribution is 2.36. The van der Waals surface area contributed by atoms with Crippen LogP contribution in [0.3, 0.4) is 0 Å². The highest BCUT2D eigenvalue weighted by atomic mass is 32.2. The van der Waals surface area contributed by atoms with Crippen molar-refractivity contribution in [3.05, 3.63) is 12.2 Å². The first-order valence-corrected chi connectivity index (χ1v) is 7.48. The number of allylic oxidation sites excluding steroid dienone is 1. The molecule has 0 aliphatic rings. The smallest absolute Gasteiger partial charge is 0.395 e. The molecule has 1 unspecified atom stereocenters. The van der Waals surface area contributed by atoms with Crippen LogP contribution in [0.15, 0.2) is 12.2 Å². The van der Waals surface area contributed by atoms with Crippen molar-refractivity contribution in [2.45, 2.75) is 24.9 Å². The molecular weight excluding hydrogens is 305 g/mol. The van der Waals surface area contributed by atoms with Gasteiger partial charge in [-0.1, -0.05) is 6.08 Å². The van der Waals surface area contributed by atoms with Gasteiger partial charge < -0.3 is 10.4 Å². The summed E-state index contributed by atoms with van der Waals surface area (Å²) in [4.78, 5) is 0. The Morgan fingerprint density at radius 3 is 2.30 bits per heavy atom. The maximum Gasteiger partial charge on any atom is 0.457 e. The molecule has 0 rings (SSSR count). The molecule has 0 fully saturated rings. The molecule has 0 aromatic heterocycles. The Hall–Kier alpha value is -0.540. The van der Waals surface area contributed by atoms with Gasteiger partial charge in [0.05, 0.1) is 6.61 Å². The number of aliphatic hydroxyl groups excluding tert-OH is 1. The van der Waals surface area contributed by atoms with Gasteiger partial charge in [0.1, 0.15) is 0 Å². The Bertz CT molecular complexity index is 320. The number of nitrogens with one attached hydrogen (secondary N) is 1. The minimum atomic E-state index is -5.62. The molecule has 120 valence electrons. The third-order valence-electron chi connectivity index (χ3n) is 2.25. The number of halogens is 5. The van der Waals surface area contributed by atoms with Crippen molar-refractivity contribution in [3.8, 4) is 0 Å². The van der Waals surface area contributed by atoms with Crippen LogP contribution in [0.2, 0.25) is 0 Å². The lowest BCUT2D eigenvalue weighted by atomic mass is 10.3. The molecule has 0 aliphatic heterocycles. The van der Waals surface area contributed by atoms with Crippen LogP contribution in [-0.4, -0.2) is 52.6 Å². The molecule has 0 aliphatic carbocycles. The van der Waals surface area contributed by atoms with E-state index in [9.17, 15) is 26.2 Å². The molecule has 0 saturated heterocycles. The molecule has 20 heavy (non-hydrogen) atoms. The number of alkyl halides is 5. The minimum absolute atomic E-state index is 0.0180. The van der Waals surface area contributed by atoms with Crippen LogP contribution in [0.4, 0.5) is 22.0 Å². The van der Waals surface area contributed by atoms with E-state index in [1.807, 2.05) is 0 Å². The van der Waals surface area contributed by atoms with Gasteiger partial charge in [0.25, 0.3) is 0 Å². The largest absolute Gasteiger partial charge is 0.457 e. The lowest BCUT2D eigenvalue weighted by Crippen LogP contribution is -2.34. The van der Waals surface area contributed by atoms with Crippen LogP contribution >= 0.6 is 0 Å². The van der Waals surface area contributed by atoms with Crippen LogP contribution in [0.25, 0.3) is 0 Å². The number of rotatable bonds is 10. The predicted molar refractivity (Wildman–Crippen MR) is 67.2 cm³/mol. The van der Waals surface area contributed by atoms with Crippen LogP contribution in [0, 0.1) is 0 Å². The average Bonchev–Trinajstić information content (AvgIpc) is 2.32. The molecule has 3 nitrogen and oxygen atoms in total. The van der Waals surface area contributed by atoms with Gasteiger partial charge in [0.15, 0.2) is 0 Å². The van der Waals surface area contributed by atoms with Crippen molar-refractivity contribution in [2.75, 3.05) is 31.2 Å². The van der Waals surface area contributed by atoms with Gasteiger partial charge in [-0.2, -0.15) is 22.0 Å². The molecule has 2 N–H and O–H groups in total. The van der Waals surface area contributed by atoms with Gasteiger partial charge in [-0.05, 0) is 25.5 Å². The van der Waals surface area contributed by atoms with E-state index < -0.39 is 22.9 Å². The molecule has 0 bridgehead atoms. The molecule has 0 amide bonds. The fourth-order valence-electron chi connectivity index (χ4n) is 1.20. The van der Waals surface area contributed by atoms with Gasteiger partial charge >= 0.3 is 12.1 Å². The summed E-state index contributed by atoms with van der Waals surface area (Å²) in [5.41, 5.74) is 0. The third kappa shape index (κ3) is 8.60. The first-order valence-electron chi connectivity index (χ1n) is 5.99. The third-order valence-corrected chi connectivity index (χ3v) is 3.56. The van der Waals surface area contributed by atoms with Crippen molar-refractivity contribution >= 4 is 10.8 Å². The zero-order valence-electron chi connectivity index (χ0n) is 10.8. The Morgan fingerprint density at radius 1 is 1.10 bits per heavy atom. The average molecular weight is 323 g/mol.